The largest absolute Gasteiger partial charge is 0.523 e. The van der Waals surface area contributed by atoms with Gasteiger partial charge in [-0.3, -0.25) is 9.72 Å². The second kappa shape index (κ2) is 7.48. The Morgan fingerprint density at radius 1 is 1.23 bits per heavy atom. The van der Waals surface area contributed by atoms with Crippen LogP contribution in [0.15, 0.2) is 60.6 Å². The van der Waals surface area contributed by atoms with Gasteiger partial charge < -0.3 is 4.57 Å². The summed E-state index contributed by atoms with van der Waals surface area (Å²) in [4.78, 5) is 8.55. The molecular formula is C19H16F4N6O. The van der Waals surface area contributed by atoms with Gasteiger partial charge in [0, 0.05) is 30.0 Å². The first-order valence-corrected chi connectivity index (χ1v) is 8.90. The monoisotopic (exact) mass is 420 g/mol. The zero-order valence-corrected chi connectivity index (χ0v) is 15.7. The van der Waals surface area contributed by atoms with Crippen molar-refractivity contribution in [2.24, 2.45) is 0 Å². The van der Waals surface area contributed by atoms with Crippen LogP contribution in [-0.2, 0) is 11.3 Å². The lowest BCUT2D eigenvalue weighted by molar-refractivity contribution is -0.359. The third kappa shape index (κ3) is 4.15. The van der Waals surface area contributed by atoms with Crippen LogP contribution < -0.4 is 0 Å². The molecule has 1 aliphatic carbocycles. The Morgan fingerprint density at radius 3 is 2.80 bits per heavy atom. The molecule has 1 unspecified atom stereocenters. The molecule has 0 amide bonds. The molecule has 0 saturated heterocycles. The zero-order chi connectivity index (χ0) is 21.4. The number of allylic oxidation sites excluding steroid dienone is 2. The number of imidazole rings is 1. The number of hydrogen-bond acceptors (Lipinski definition) is 5. The molecule has 4 rings (SSSR count). The van der Waals surface area contributed by atoms with Gasteiger partial charge in [-0.15, -0.1) is 13.2 Å². The first-order valence-electron chi connectivity index (χ1n) is 8.90. The van der Waals surface area contributed by atoms with Gasteiger partial charge in [0.05, 0.1) is 24.8 Å². The third-order valence-corrected chi connectivity index (χ3v) is 4.63. The minimum atomic E-state index is -4.94. The molecule has 0 fully saturated rings. The summed E-state index contributed by atoms with van der Waals surface area (Å²) in [6, 6.07) is 3.55. The van der Waals surface area contributed by atoms with Crippen molar-refractivity contribution in [2.75, 3.05) is 0 Å². The number of nitrogens with one attached hydrogen (secondary N) is 1. The van der Waals surface area contributed by atoms with E-state index in [4.69, 9.17) is 0 Å². The Labute approximate surface area is 168 Å². The quantitative estimate of drug-likeness (QED) is 0.626. The van der Waals surface area contributed by atoms with Gasteiger partial charge in [0.25, 0.3) is 0 Å². The molecule has 0 bridgehead atoms. The topological polar surface area (TPSA) is 81.5 Å². The maximum absolute atomic E-state index is 14.8. The number of H-pyrrole nitrogens is 1. The number of halogens is 4. The van der Waals surface area contributed by atoms with E-state index in [1.54, 1.807) is 35.3 Å². The number of aromatic amines is 1. The van der Waals surface area contributed by atoms with Crippen molar-refractivity contribution in [3.63, 3.8) is 0 Å². The lowest BCUT2D eigenvalue weighted by Crippen LogP contribution is -2.37. The molecule has 1 N–H and O–H groups in total. The molecule has 0 radical (unpaired) electrons. The highest BCUT2D eigenvalue weighted by Crippen LogP contribution is 2.39. The fraction of sp³-hybridized carbons (Fsp3) is 0.263. The van der Waals surface area contributed by atoms with Gasteiger partial charge in [0.15, 0.2) is 0 Å². The van der Waals surface area contributed by atoms with Gasteiger partial charge in [-0.2, -0.15) is 15.4 Å². The molecule has 0 spiro atoms. The van der Waals surface area contributed by atoms with Crippen LogP contribution >= 0.6 is 0 Å². The van der Waals surface area contributed by atoms with Gasteiger partial charge in [-0.1, -0.05) is 12.2 Å². The summed E-state index contributed by atoms with van der Waals surface area (Å²) in [6.45, 7) is 1.08. The van der Waals surface area contributed by atoms with E-state index in [9.17, 15) is 17.6 Å². The number of aromatic nitrogens is 6. The maximum Gasteiger partial charge on any atom is 0.523 e. The lowest BCUT2D eigenvalue weighted by atomic mass is 9.91. The van der Waals surface area contributed by atoms with E-state index in [-0.39, 0.29) is 18.5 Å². The maximum atomic E-state index is 14.8. The van der Waals surface area contributed by atoms with Gasteiger partial charge >= 0.3 is 6.36 Å². The average Bonchev–Trinajstić information content (AvgIpc) is 3.37. The summed E-state index contributed by atoms with van der Waals surface area (Å²) in [5.41, 5.74) is 0.512. The molecule has 0 saturated carbocycles. The lowest BCUT2D eigenvalue weighted by Gasteiger charge is -2.31. The Kier molecular flexibility index (Phi) is 4.98. The third-order valence-electron chi connectivity index (χ3n) is 4.63. The Bertz CT molecular complexity index is 1100. The zero-order valence-electron chi connectivity index (χ0n) is 15.7. The minimum Gasteiger partial charge on any atom is -0.332 e. The second-order valence-corrected chi connectivity index (χ2v) is 6.94. The van der Waals surface area contributed by atoms with Crippen LogP contribution in [0.3, 0.4) is 0 Å². The van der Waals surface area contributed by atoms with Gasteiger partial charge in [-0.05, 0) is 19.1 Å². The Morgan fingerprint density at radius 2 is 2.07 bits per heavy atom. The normalized spacial score (nSPS) is 19.5. The van der Waals surface area contributed by atoms with Crippen molar-refractivity contribution in [3.8, 4) is 22.6 Å². The molecule has 3 aromatic heterocycles. The summed E-state index contributed by atoms with van der Waals surface area (Å²) >= 11 is 0. The Hall–Kier alpha value is -3.34. The van der Waals surface area contributed by atoms with Crippen molar-refractivity contribution in [1.29, 1.82) is 0 Å². The predicted molar refractivity (Wildman–Crippen MR) is 98.3 cm³/mol. The standard InChI is InChI=1S/C19H16F4N6O/c1-18(30-19(21,22)23)5-2-3-13(17(18)20)9-29-10-16(25-11-29)14-7-12(4-6-24-14)15-8-26-28-27-15/h2-4,6-8,10-11H,5,9H2,1H3,(H,26,27,28). The first kappa shape index (κ1) is 20.0. The van der Waals surface area contributed by atoms with E-state index in [1.165, 1.54) is 18.5 Å². The van der Waals surface area contributed by atoms with Crippen LogP contribution in [0.5, 0.6) is 0 Å². The van der Waals surface area contributed by atoms with Crippen LogP contribution in [0.1, 0.15) is 13.3 Å². The number of pyridine rings is 1. The van der Waals surface area contributed by atoms with E-state index in [2.05, 4.69) is 30.1 Å². The van der Waals surface area contributed by atoms with Gasteiger partial charge in [0.1, 0.15) is 22.8 Å². The van der Waals surface area contributed by atoms with Crippen LogP contribution in [-0.4, -0.2) is 41.9 Å². The number of alkyl halides is 3. The van der Waals surface area contributed by atoms with E-state index in [0.717, 1.165) is 12.5 Å². The molecule has 0 aromatic carbocycles. The molecule has 1 atom stereocenters. The fourth-order valence-corrected chi connectivity index (χ4v) is 3.24. The van der Waals surface area contributed by atoms with Crippen molar-refractivity contribution >= 4 is 0 Å². The van der Waals surface area contributed by atoms with E-state index in [1.807, 2.05) is 0 Å². The smallest absolute Gasteiger partial charge is 0.332 e. The van der Waals surface area contributed by atoms with Crippen molar-refractivity contribution in [1.82, 2.24) is 29.9 Å². The number of ether oxygens (including phenoxy) is 1. The minimum absolute atomic E-state index is 0.00484. The fourth-order valence-electron chi connectivity index (χ4n) is 3.24. The highest BCUT2D eigenvalue weighted by molar-refractivity contribution is 5.65. The molecule has 3 heterocycles. The van der Waals surface area contributed by atoms with E-state index < -0.39 is 17.8 Å². The number of hydrogen-bond donors (Lipinski definition) is 1. The molecular weight excluding hydrogens is 404 g/mol. The molecule has 1 aliphatic rings. The number of nitrogens with zero attached hydrogens (tertiary/aromatic N) is 5. The average molecular weight is 420 g/mol. The summed E-state index contributed by atoms with van der Waals surface area (Å²) in [5, 5.41) is 10.3. The molecule has 156 valence electrons. The first-order chi connectivity index (χ1) is 14.2. The molecule has 30 heavy (non-hydrogen) atoms. The van der Waals surface area contributed by atoms with Gasteiger partial charge in [0.2, 0.25) is 0 Å². The van der Waals surface area contributed by atoms with Crippen molar-refractivity contribution in [3.05, 3.63) is 60.6 Å². The summed E-state index contributed by atoms with van der Waals surface area (Å²) in [5.74, 6) is -0.955. The summed E-state index contributed by atoms with van der Waals surface area (Å²) < 4.78 is 58.4. The van der Waals surface area contributed by atoms with Crippen LogP contribution in [0.2, 0.25) is 0 Å². The van der Waals surface area contributed by atoms with Crippen molar-refractivity contribution < 1.29 is 22.3 Å². The SMILES string of the molecule is CC1(OC(F)(F)F)CC=CC(Cn2cnc(-c3cc(-c4cn[nH]n4)ccn3)c2)=C1F. The highest BCUT2D eigenvalue weighted by atomic mass is 19.4. The molecule has 11 heteroatoms. The van der Waals surface area contributed by atoms with Gasteiger partial charge in [-0.25, -0.2) is 9.37 Å². The number of rotatable bonds is 5. The molecule has 7 nitrogen and oxygen atoms in total. The summed E-state index contributed by atoms with van der Waals surface area (Å²) in [7, 11) is 0. The predicted octanol–water partition coefficient (Wildman–Crippen LogP) is 4.21. The highest BCUT2D eigenvalue weighted by Gasteiger charge is 2.44. The van der Waals surface area contributed by atoms with Crippen molar-refractivity contribution in [2.45, 2.75) is 31.9 Å². The summed E-state index contributed by atoms with van der Waals surface area (Å²) in [6.07, 6.45) is 4.04. The Balaban J connectivity index is 1.57. The van der Waals surface area contributed by atoms with E-state index >= 15 is 0 Å². The molecule has 0 aliphatic heterocycles. The van der Waals surface area contributed by atoms with Crippen LogP contribution in [0.25, 0.3) is 22.6 Å². The second-order valence-electron chi connectivity index (χ2n) is 6.94. The van der Waals surface area contributed by atoms with Crippen LogP contribution in [0.4, 0.5) is 17.6 Å². The van der Waals surface area contributed by atoms with Crippen LogP contribution in [0, 0.1) is 0 Å². The molecule has 3 aromatic rings. The van der Waals surface area contributed by atoms with E-state index in [0.29, 0.717) is 17.1 Å².